The number of unbranched alkanes of at least 4 members (excludes halogenated alkanes) is 1. The fourth-order valence-electron chi connectivity index (χ4n) is 1.90. The zero-order valence-corrected chi connectivity index (χ0v) is 10.4. The first kappa shape index (κ1) is 12.9. The molecule has 0 saturated heterocycles. The Morgan fingerprint density at radius 1 is 1.26 bits per heavy atom. The predicted octanol–water partition coefficient (Wildman–Crippen LogP) is 2.58. The van der Waals surface area contributed by atoms with Gasteiger partial charge in [0, 0.05) is 18.4 Å². The number of hydrogen-bond donors (Lipinski definition) is 2. The van der Waals surface area contributed by atoms with E-state index in [2.05, 4.69) is 5.32 Å². The summed E-state index contributed by atoms with van der Waals surface area (Å²) < 4.78 is 0. The van der Waals surface area contributed by atoms with Crippen molar-refractivity contribution in [1.82, 2.24) is 5.32 Å². The van der Waals surface area contributed by atoms with Gasteiger partial charge in [0.2, 0.25) is 0 Å². The molecule has 0 heterocycles. The molecule has 96 valence electrons. The lowest BCUT2D eigenvalue weighted by Crippen LogP contribution is -2.24. The maximum absolute atomic E-state index is 11.9. The van der Waals surface area contributed by atoms with Crippen molar-refractivity contribution >= 4 is 16.7 Å². The largest absolute Gasteiger partial charge is 0.506 e. The van der Waals surface area contributed by atoms with E-state index in [0.29, 0.717) is 24.8 Å². The van der Waals surface area contributed by atoms with Gasteiger partial charge in [-0.1, -0.05) is 30.3 Å². The van der Waals surface area contributed by atoms with Gasteiger partial charge in [-0.05, 0) is 17.9 Å². The molecule has 0 aliphatic carbocycles. The summed E-state index contributed by atoms with van der Waals surface area (Å²) in [6, 6.07) is 12.8. The smallest absolute Gasteiger partial charge is 0.255 e. The van der Waals surface area contributed by atoms with Gasteiger partial charge in [0.05, 0.1) is 11.6 Å². The third kappa shape index (κ3) is 2.83. The first-order chi connectivity index (χ1) is 9.24. The summed E-state index contributed by atoms with van der Waals surface area (Å²) in [5, 5.41) is 22.8. The summed E-state index contributed by atoms with van der Waals surface area (Å²) in [5.41, 5.74) is 0.260. The molecule has 4 heteroatoms. The van der Waals surface area contributed by atoms with Gasteiger partial charge in [-0.3, -0.25) is 4.79 Å². The minimum Gasteiger partial charge on any atom is -0.506 e. The summed E-state index contributed by atoms with van der Waals surface area (Å²) in [7, 11) is 0. The van der Waals surface area contributed by atoms with Crippen LogP contribution in [0.2, 0.25) is 0 Å². The van der Waals surface area contributed by atoms with Crippen LogP contribution in [0.1, 0.15) is 23.2 Å². The second kappa shape index (κ2) is 5.87. The molecule has 0 aromatic heterocycles. The Hall–Kier alpha value is -2.54. The maximum Gasteiger partial charge on any atom is 0.255 e. The Balaban J connectivity index is 2.18. The first-order valence-electron chi connectivity index (χ1n) is 6.10. The quantitative estimate of drug-likeness (QED) is 0.823. The summed E-state index contributed by atoms with van der Waals surface area (Å²) in [5.74, 6) is -0.322. The second-order valence-electron chi connectivity index (χ2n) is 4.20. The third-order valence-corrected chi connectivity index (χ3v) is 2.90. The van der Waals surface area contributed by atoms with Gasteiger partial charge in [0.25, 0.3) is 5.91 Å². The average Bonchev–Trinajstić information content (AvgIpc) is 2.44. The Morgan fingerprint density at radius 2 is 2.05 bits per heavy atom. The molecule has 19 heavy (non-hydrogen) atoms. The van der Waals surface area contributed by atoms with Gasteiger partial charge in [-0.2, -0.15) is 5.26 Å². The van der Waals surface area contributed by atoms with E-state index in [0.717, 1.165) is 5.39 Å². The number of rotatable bonds is 4. The summed E-state index contributed by atoms with van der Waals surface area (Å²) >= 11 is 0. The second-order valence-corrected chi connectivity index (χ2v) is 4.20. The SMILES string of the molecule is N#CCCCNC(=O)c1ccc2ccccc2c1O. The topological polar surface area (TPSA) is 73.1 Å². The minimum atomic E-state index is -0.318. The predicted molar refractivity (Wildman–Crippen MR) is 72.8 cm³/mol. The molecule has 2 rings (SSSR count). The molecule has 0 fully saturated rings. The number of amides is 1. The molecule has 0 atom stereocenters. The molecule has 2 aromatic carbocycles. The van der Waals surface area contributed by atoms with E-state index in [1.807, 2.05) is 24.3 Å². The van der Waals surface area contributed by atoms with Gasteiger partial charge < -0.3 is 10.4 Å². The molecule has 0 aliphatic heterocycles. The molecule has 0 aliphatic rings. The lowest BCUT2D eigenvalue weighted by molar-refractivity contribution is 0.0951. The van der Waals surface area contributed by atoms with E-state index in [-0.39, 0.29) is 17.2 Å². The first-order valence-corrected chi connectivity index (χ1v) is 6.10. The molecular weight excluding hydrogens is 240 g/mol. The Labute approximate surface area is 111 Å². The molecule has 0 radical (unpaired) electrons. The zero-order chi connectivity index (χ0) is 13.7. The zero-order valence-electron chi connectivity index (χ0n) is 10.4. The number of benzene rings is 2. The lowest BCUT2D eigenvalue weighted by Gasteiger charge is -2.08. The highest BCUT2D eigenvalue weighted by Gasteiger charge is 2.12. The van der Waals surface area contributed by atoms with Crippen LogP contribution in [0.25, 0.3) is 10.8 Å². The molecule has 0 bridgehead atoms. The number of nitriles is 1. The number of phenols is 1. The van der Waals surface area contributed by atoms with Gasteiger partial charge in [0.15, 0.2) is 0 Å². The maximum atomic E-state index is 11.9. The Kier molecular flexibility index (Phi) is 3.99. The number of aromatic hydroxyl groups is 1. The normalized spacial score (nSPS) is 10.1. The molecule has 1 amide bonds. The fourth-order valence-corrected chi connectivity index (χ4v) is 1.90. The Morgan fingerprint density at radius 3 is 2.84 bits per heavy atom. The fraction of sp³-hybridized carbons (Fsp3) is 0.200. The van der Waals surface area contributed by atoms with Crippen LogP contribution in [-0.4, -0.2) is 17.6 Å². The van der Waals surface area contributed by atoms with E-state index in [9.17, 15) is 9.90 Å². The third-order valence-electron chi connectivity index (χ3n) is 2.90. The number of fused-ring (bicyclic) bond motifs is 1. The van der Waals surface area contributed by atoms with Crippen molar-refractivity contribution in [3.63, 3.8) is 0 Å². The van der Waals surface area contributed by atoms with Crippen LogP contribution >= 0.6 is 0 Å². The van der Waals surface area contributed by atoms with Crippen LogP contribution in [0.15, 0.2) is 36.4 Å². The van der Waals surface area contributed by atoms with Crippen molar-refractivity contribution < 1.29 is 9.90 Å². The van der Waals surface area contributed by atoms with E-state index < -0.39 is 0 Å². The van der Waals surface area contributed by atoms with Crippen LogP contribution in [0.3, 0.4) is 0 Å². The molecular formula is C15H14N2O2. The van der Waals surface area contributed by atoms with Crippen LogP contribution in [0.5, 0.6) is 5.75 Å². The van der Waals surface area contributed by atoms with Crippen molar-refractivity contribution in [2.75, 3.05) is 6.54 Å². The van der Waals surface area contributed by atoms with E-state index in [1.54, 1.807) is 18.2 Å². The van der Waals surface area contributed by atoms with Crippen LogP contribution < -0.4 is 5.32 Å². The molecule has 0 unspecified atom stereocenters. The molecule has 2 N–H and O–H groups in total. The summed E-state index contributed by atoms with van der Waals surface area (Å²) in [4.78, 5) is 11.9. The van der Waals surface area contributed by atoms with Gasteiger partial charge >= 0.3 is 0 Å². The van der Waals surface area contributed by atoms with Gasteiger partial charge in [-0.25, -0.2) is 0 Å². The van der Waals surface area contributed by atoms with Crippen LogP contribution in [-0.2, 0) is 0 Å². The standard InChI is InChI=1S/C15H14N2O2/c16-9-3-4-10-17-15(19)13-8-7-11-5-1-2-6-12(11)14(13)18/h1-2,5-8,18H,3-4,10H2,(H,17,19). The van der Waals surface area contributed by atoms with Crippen molar-refractivity contribution in [3.8, 4) is 11.8 Å². The van der Waals surface area contributed by atoms with E-state index >= 15 is 0 Å². The number of phenolic OH excluding ortho intramolecular Hbond substituents is 1. The minimum absolute atomic E-state index is 0.00381. The van der Waals surface area contributed by atoms with Crippen LogP contribution in [0, 0.1) is 11.3 Å². The highest BCUT2D eigenvalue weighted by Crippen LogP contribution is 2.28. The van der Waals surface area contributed by atoms with Crippen molar-refractivity contribution in [3.05, 3.63) is 42.0 Å². The number of hydrogen-bond acceptors (Lipinski definition) is 3. The van der Waals surface area contributed by atoms with Gasteiger partial charge in [0.1, 0.15) is 5.75 Å². The van der Waals surface area contributed by atoms with Crippen molar-refractivity contribution in [2.24, 2.45) is 0 Å². The number of nitrogens with zero attached hydrogens (tertiary/aromatic N) is 1. The van der Waals surface area contributed by atoms with Gasteiger partial charge in [-0.15, -0.1) is 0 Å². The molecule has 2 aromatic rings. The highest BCUT2D eigenvalue weighted by atomic mass is 16.3. The number of carbonyl (C=O) groups excluding carboxylic acids is 1. The molecule has 4 nitrogen and oxygen atoms in total. The van der Waals surface area contributed by atoms with Crippen molar-refractivity contribution in [2.45, 2.75) is 12.8 Å². The summed E-state index contributed by atoms with van der Waals surface area (Å²) in [6.07, 6.45) is 1.01. The number of nitrogens with one attached hydrogen (secondary N) is 1. The monoisotopic (exact) mass is 254 g/mol. The average molecular weight is 254 g/mol. The van der Waals surface area contributed by atoms with E-state index in [4.69, 9.17) is 5.26 Å². The summed E-state index contributed by atoms with van der Waals surface area (Å²) in [6.45, 7) is 0.429. The Bertz CT molecular complexity index is 644. The van der Waals surface area contributed by atoms with Crippen molar-refractivity contribution in [1.29, 1.82) is 5.26 Å². The lowest BCUT2D eigenvalue weighted by atomic mass is 10.0. The van der Waals surface area contributed by atoms with E-state index in [1.165, 1.54) is 0 Å². The van der Waals surface area contributed by atoms with Crippen LogP contribution in [0.4, 0.5) is 0 Å². The molecule has 0 saturated carbocycles. The molecule has 0 spiro atoms. The highest BCUT2D eigenvalue weighted by molar-refractivity contribution is 6.03. The number of carbonyl (C=O) groups is 1.